The molecule has 0 aliphatic rings. The van der Waals surface area contributed by atoms with E-state index in [1.165, 1.54) is 6.07 Å². The van der Waals surface area contributed by atoms with Gasteiger partial charge in [0.2, 0.25) is 5.91 Å². The van der Waals surface area contributed by atoms with Crippen molar-refractivity contribution in [2.24, 2.45) is 0 Å². The first-order chi connectivity index (χ1) is 15.6. The second-order valence-corrected chi connectivity index (χ2v) is 9.49. The van der Waals surface area contributed by atoms with Gasteiger partial charge in [-0.15, -0.1) is 0 Å². The summed E-state index contributed by atoms with van der Waals surface area (Å²) >= 11 is 0. The molecule has 0 aromatic heterocycles. The van der Waals surface area contributed by atoms with Crippen molar-refractivity contribution in [2.45, 2.75) is 39.0 Å². The third-order valence-corrected chi connectivity index (χ3v) is 6.62. The van der Waals surface area contributed by atoms with Gasteiger partial charge in [0.25, 0.3) is 15.9 Å². The van der Waals surface area contributed by atoms with Crippen molar-refractivity contribution in [3.05, 3.63) is 82.9 Å². The maximum Gasteiger partial charge on any atom is 0.262 e. The van der Waals surface area contributed by atoms with E-state index in [9.17, 15) is 18.0 Å². The number of carbonyl (C=O) groups is 2. The van der Waals surface area contributed by atoms with Crippen LogP contribution >= 0.6 is 0 Å². The van der Waals surface area contributed by atoms with E-state index in [1.807, 2.05) is 19.9 Å². The molecule has 3 N–H and O–H groups in total. The minimum absolute atomic E-state index is 0.125. The number of sulfonamides is 1. The SMILES string of the molecule is CCC(=O)Nc1ccc(C)c(NC(=O)c2cccc(NS(=O)(=O)c3cc(C)ccc3C)c2)c1. The molecule has 3 aromatic rings. The molecular formula is C25H27N3O4S. The number of aryl methyl sites for hydroxylation is 3. The number of hydrogen-bond donors (Lipinski definition) is 3. The van der Waals surface area contributed by atoms with E-state index in [0.717, 1.165) is 11.1 Å². The van der Waals surface area contributed by atoms with E-state index < -0.39 is 15.9 Å². The van der Waals surface area contributed by atoms with Crippen LogP contribution in [-0.2, 0) is 14.8 Å². The molecule has 0 bridgehead atoms. The Labute approximate surface area is 194 Å². The summed E-state index contributed by atoms with van der Waals surface area (Å²) in [5.41, 5.74) is 4.00. The Balaban J connectivity index is 1.81. The highest BCUT2D eigenvalue weighted by molar-refractivity contribution is 7.92. The molecule has 172 valence electrons. The summed E-state index contributed by atoms with van der Waals surface area (Å²) in [4.78, 5) is 24.7. The standard InChI is InChI=1S/C25H27N3O4S/c1-5-24(29)26-20-12-11-17(3)22(15-20)27-25(30)19-7-6-8-21(14-19)28-33(31,32)23-13-16(2)9-10-18(23)4/h6-15,28H,5H2,1-4H3,(H,26,29)(H,27,30). The Morgan fingerprint density at radius 1 is 0.818 bits per heavy atom. The fourth-order valence-corrected chi connectivity index (χ4v) is 4.59. The molecule has 0 aliphatic heterocycles. The molecule has 8 heteroatoms. The van der Waals surface area contributed by atoms with Gasteiger partial charge in [0, 0.05) is 29.0 Å². The lowest BCUT2D eigenvalue weighted by molar-refractivity contribution is -0.115. The van der Waals surface area contributed by atoms with Crippen LogP contribution in [0.5, 0.6) is 0 Å². The van der Waals surface area contributed by atoms with Gasteiger partial charge in [-0.2, -0.15) is 0 Å². The molecule has 0 saturated heterocycles. The van der Waals surface area contributed by atoms with E-state index >= 15 is 0 Å². The van der Waals surface area contributed by atoms with Gasteiger partial charge in [0.05, 0.1) is 4.90 Å². The fraction of sp³-hybridized carbons (Fsp3) is 0.200. The average Bonchev–Trinajstić information content (AvgIpc) is 2.77. The van der Waals surface area contributed by atoms with Gasteiger partial charge in [-0.05, 0) is 73.9 Å². The number of anilines is 3. The van der Waals surface area contributed by atoms with E-state index in [4.69, 9.17) is 0 Å². The molecule has 0 atom stereocenters. The van der Waals surface area contributed by atoms with Crippen molar-refractivity contribution in [1.82, 2.24) is 0 Å². The second kappa shape index (κ2) is 9.87. The molecule has 0 spiro atoms. The highest BCUT2D eigenvalue weighted by atomic mass is 32.2. The molecule has 2 amide bonds. The van der Waals surface area contributed by atoms with Crippen molar-refractivity contribution in [3.8, 4) is 0 Å². The zero-order valence-electron chi connectivity index (χ0n) is 19.0. The minimum atomic E-state index is -3.82. The van der Waals surface area contributed by atoms with Crippen molar-refractivity contribution in [3.63, 3.8) is 0 Å². The second-order valence-electron chi connectivity index (χ2n) is 7.84. The Morgan fingerprint density at radius 2 is 1.55 bits per heavy atom. The molecule has 33 heavy (non-hydrogen) atoms. The summed E-state index contributed by atoms with van der Waals surface area (Å²) in [6.07, 6.45) is 0.348. The number of rotatable bonds is 7. The van der Waals surface area contributed by atoms with Crippen LogP contribution in [-0.4, -0.2) is 20.2 Å². The Hall–Kier alpha value is -3.65. The van der Waals surface area contributed by atoms with Gasteiger partial charge in [-0.1, -0.05) is 31.2 Å². The number of benzene rings is 3. The molecule has 0 unspecified atom stereocenters. The highest BCUT2D eigenvalue weighted by Crippen LogP contribution is 2.24. The molecule has 7 nitrogen and oxygen atoms in total. The summed E-state index contributed by atoms with van der Waals surface area (Å²) in [5, 5.41) is 5.59. The Morgan fingerprint density at radius 3 is 2.27 bits per heavy atom. The summed E-state index contributed by atoms with van der Waals surface area (Å²) in [6.45, 7) is 7.16. The maximum atomic E-state index is 12.9. The van der Waals surface area contributed by atoms with Crippen molar-refractivity contribution >= 4 is 38.9 Å². The van der Waals surface area contributed by atoms with Gasteiger partial charge >= 0.3 is 0 Å². The summed E-state index contributed by atoms with van der Waals surface area (Å²) in [6, 6.07) is 16.8. The van der Waals surface area contributed by atoms with Crippen molar-refractivity contribution < 1.29 is 18.0 Å². The van der Waals surface area contributed by atoms with Crippen LogP contribution in [0.4, 0.5) is 17.1 Å². The van der Waals surface area contributed by atoms with Gasteiger partial charge in [-0.3, -0.25) is 14.3 Å². The Bertz CT molecular complexity index is 1320. The van der Waals surface area contributed by atoms with E-state index in [-0.39, 0.29) is 16.5 Å². The topological polar surface area (TPSA) is 104 Å². The number of hydrogen-bond acceptors (Lipinski definition) is 4. The lowest BCUT2D eigenvalue weighted by Crippen LogP contribution is -2.16. The molecule has 3 rings (SSSR count). The van der Waals surface area contributed by atoms with Gasteiger partial charge in [0.15, 0.2) is 0 Å². The smallest absolute Gasteiger partial charge is 0.262 e. The third kappa shape index (κ3) is 5.98. The monoisotopic (exact) mass is 465 g/mol. The van der Waals surface area contributed by atoms with Gasteiger partial charge in [-0.25, -0.2) is 8.42 Å². The molecule has 0 heterocycles. The molecule has 0 radical (unpaired) electrons. The van der Waals surface area contributed by atoms with Crippen LogP contribution < -0.4 is 15.4 Å². The summed E-state index contributed by atoms with van der Waals surface area (Å²) in [7, 11) is -3.82. The van der Waals surface area contributed by atoms with E-state index in [0.29, 0.717) is 28.9 Å². The average molecular weight is 466 g/mol. The number of carbonyl (C=O) groups excluding carboxylic acids is 2. The molecular weight excluding hydrogens is 438 g/mol. The number of nitrogens with one attached hydrogen (secondary N) is 3. The normalized spacial score (nSPS) is 11.0. The molecule has 0 aliphatic carbocycles. The molecule has 0 saturated carbocycles. The van der Waals surface area contributed by atoms with Crippen molar-refractivity contribution in [1.29, 1.82) is 0 Å². The lowest BCUT2D eigenvalue weighted by atomic mass is 10.1. The van der Waals surface area contributed by atoms with E-state index in [1.54, 1.807) is 62.4 Å². The fourth-order valence-electron chi connectivity index (χ4n) is 3.21. The summed E-state index contributed by atoms with van der Waals surface area (Å²) < 4.78 is 28.3. The van der Waals surface area contributed by atoms with Crippen LogP contribution in [0.2, 0.25) is 0 Å². The quantitative estimate of drug-likeness (QED) is 0.456. The first-order valence-electron chi connectivity index (χ1n) is 10.5. The maximum absolute atomic E-state index is 12.9. The predicted octanol–water partition coefficient (Wildman–Crippen LogP) is 5.01. The van der Waals surface area contributed by atoms with Crippen LogP contribution in [0.25, 0.3) is 0 Å². The minimum Gasteiger partial charge on any atom is -0.326 e. The van der Waals surface area contributed by atoms with E-state index in [2.05, 4.69) is 15.4 Å². The zero-order valence-corrected chi connectivity index (χ0v) is 19.8. The molecule has 0 fully saturated rings. The van der Waals surface area contributed by atoms with Crippen molar-refractivity contribution in [2.75, 3.05) is 15.4 Å². The summed E-state index contributed by atoms with van der Waals surface area (Å²) in [5.74, 6) is -0.523. The number of amides is 2. The third-order valence-electron chi connectivity index (χ3n) is 5.10. The lowest BCUT2D eigenvalue weighted by Gasteiger charge is -2.13. The largest absolute Gasteiger partial charge is 0.326 e. The van der Waals surface area contributed by atoms with Crippen LogP contribution in [0, 0.1) is 20.8 Å². The Kier molecular flexibility index (Phi) is 7.18. The predicted molar refractivity (Wildman–Crippen MR) is 131 cm³/mol. The first-order valence-corrected chi connectivity index (χ1v) is 12.0. The van der Waals surface area contributed by atoms with Crippen LogP contribution in [0.15, 0.2) is 65.6 Å². The van der Waals surface area contributed by atoms with Crippen LogP contribution in [0.3, 0.4) is 0 Å². The first kappa shape index (κ1) is 24.0. The van der Waals surface area contributed by atoms with Gasteiger partial charge in [0.1, 0.15) is 0 Å². The molecule has 3 aromatic carbocycles. The van der Waals surface area contributed by atoms with Crippen LogP contribution in [0.1, 0.15) is 40.4 Å². The van der Waals surface area contributed by atoms with Gasteiger partial charge < -0.3 is 10.6 Å². The highest BCUT2D eigenvalue weighted by Gasteiger charge is 2.18. The zero-order chi connectivity index (χ0) is 24.2.